The van der Waals surface area contributed by atoms with E-state index in [1.54, 1.807) is 20.1 Å². The summed E-state index contributed by atoms with van der Waals surface area (Å²) in [6.07, 6.45) is 6.66. The van der Waals surface area contributed by atoms with Crippen LogP contribution in [0.25, 0.3) is 11.0 Å². The van der Waals surface area contributed by atoms with Crippen LogP contribution in [0.4, 0.5) is 0 Å². The SMILES string of the molecule is C[C@H](NC(=O)CN1CCOCC1)C(=O)N[C@@H](Cc1ccc2occc2c1)C(=O)N[C@@H](CC1CCCC1)C(=O)[C@]1(C)CO1. The lowest BCUT2D eigenvalue weighted by Gasteiger charge is -2.27. The largest absolute Gasteiger partial charge is 0.464 e. The molecule has 11 heteroatoms. The first-order chi connectivity index (χ1) is 20.2. The van der Waals surface area contributed by atoms with Gasteiger partial charge in [-0.1, -0.05) is 31.7 Å². The number of nitrogens with zero attached hydrogens (tertiary/aromatic N) is 1. The van der Waals surface area contributed by atoms with Gasteiger partial charge < -0.3 is 29.8 Å². The lowest BCUT2D eigenvalue weighted by Crippen LogP contribution is -2.57. The number of ketones is 1. The zero-order valence-corrected chi connectivity index (χ0v) is 24.5. The van der Waals surface area contributed by atoms with Crippen molar-refractivity contribution < 1.29 is 33.1 Å². The van der Waals surface area contributed by atoms with Crippen LogP contribution in [0.5, 0.6) is 0 Å². The second-order valence-corrected chi connectivity index (χ2v) is 12.1. The number of hydrogen-bond acceptors (Lipinski definition) is 8. The number of hydrogen-bond donors (Lipinski definition) is 3. The van der Waals surface area contributed by atoms with Crippen molar-refractivity contribution in [3.63, 3.8) is 0 Å². The first-order valence-electron chi connectivity index (χ1n) is 15.0. The van der Waals surface area contributed by atoms with Gasteiger partial charge in [-0.2, -0.15) is 0 Å². The third-order valence-electron chi connectivity index (χ3n) is 8.61. The minimum Gasteiger partial charge on any atom is -0.464 e. The molecule has 5 rings (SSSR count). The minimum absolute atomic E-state index is 0.128. The molecule has 1 saturated carbocycles. The van der Waals surface area contributed by atoms with Crippen molar-refractivity contribution >= 4 is 34.5 Å². The zero-order valence-electron chi connectivity index (χ0n) is 24.5. The first-order valence-corrected chi connectivity index (χ1v) is 15.0. The first kappa shape index (κ1) is 30.2. The van der Waals surface area contributed by atoms with Gasteiger partial charge in [0.1, 0.15) is 23.3 Å². The number of Topliss-reactive ketones (excluding diaryl/α,β-unsaturated/α-hetero) is 1. The van der Waals surface area contributed by atoms with Crippen LogP contribution in [0, 0.1) is 5.92 Å². The van der Waals surface area contributed by atoms with E-state index in [1.165, 1.54) is 0 Å². The van der Waals surface area contributed by atoms with Crippen LogP contribution >= 0.6 is 0 Å². The van der Waals surface area contributed by atoms with Crippen molar-refractivity contribution in [3.8, 4) is 0 Å². The van der Waals surface area contributed by atoms with Gasteiger partial charge in [-0.05, 0) is 49.9 Å². The lowest BCUT2D eigenvalue weighted by molar-refractivity contribution is -0.134. The molecular weight excluding hydrogens is 540 g/mol. The van der Waals surface area contributed by atoms with Crippen molar-refractivity contribution in [1.82, 2.24) is 20.9 Å². The summed E-state index contributed by atoms with van der Waals surface area (Å²) in [5.41, 5.74) is 0.672. The molecule has 11 nitrogen and oxygen atoms in total. The highest BCUT2D eigenvalue weighted by atomic mass is 16.6. The van der Waals surface area contributed by atoms with E-state index in [9.17, 15) is 19.2 Å². The van der Waals surface area contributed by atoms with Crippen LogP contribution in [0.1, 0.15) is 51.5 Å². The molecule has 228 valence electrons. The van der Waals surface area contributed by atoms with Crippen molar-refractivity contribution in [2.45, 2.75) is 76.1 Å². The molecule has 3 aliphatic rings. The van der Waals surface area contributed by atoms with E-state index in [-0.39, 0.29) is 24.7 Å². The number of carbonyl (C=O) groups is 4. The number of fused-ring (bicyclic) bond motifs is 1. The van der Waals surface area contributed by atoms with Crippen molar-refractivity contribution in [3.05, 3.63) is 36.1 Å². The second kappa shape index (κ2) is 13.4. The van der Waals surface area contributed by atoms with E-state index in [0.29, 0.717) is 45.2 Å². The number of nitrogens with one attached hydrogen (secondary N) is 3. The van der Waals surface area contributed by atoms with Crippen molar-refractivity contribution in [2.75, 3.05) is 39.5 Å². The maximum absolute atomic E-state index is 13.8. The van der Waals surface area contributed by atoms with E-state index in [4.69, 9.17) is 13.9 Å². The molecule has 2 aliphatic heterocycles. The molecule has 3 fully saturated rings. The summed E-state index contributed by atoms with van der Waals surface area (Å²) in [4.78, 5) is 55.0. The molecule has 1 aromatic heterocycles. The number of morpholine rings is 1. The minimum atomic E-state index is -0.966. The summed E-state index contributed by atoms with van der Waals surface area (Å²) >= 11 is 0. The Morgan fingerprint density at radius 2 is 1.71 bits per heavy atom. The quantitative estimate of drug-likeness (QED) is 0.303. The summed E-state index contributed by atoms with van der Waals surface area (Å²) in [7, 11) is 0. The molecule has 0 bridgehead atoms. The number of epoxide rings is 1. The smallest absolute Gasteiger partial charge is 0.243 e. The average Bonchev–Trinajstić information content (AvgIpc) is 3.32. The second-order valence-electron chi connectivity index (χ2n) is 12.1. The summed E-state index contributed by atoms with van der Waals surface area (Å²) < 4.78 is 16.2. The lowest BCUT2D eigenvalue weighted by atomic mass is 9.90. The van der Waals surface area contributed by atoms with Crippen LogP contribution in [-0.4, -0.2) is 91.6 Å². The molecule has 2 saturated heterocycles. The Morgan fingerprint density at radius 1 is 1.00 bits per heavy atom. The van der Waals surface area contributed by atoms with Gasteiger partial charge >= 0.3 is 0 Å². The van der Waals surface area contributed by atoms with Crippen molar-refractivity contribution in [2.24, 2.45) is 5.92 Å². The van der Waals surface area contributed by atoms with Gasteiger partial charge in [0.05, 0.1) is 38.7 Å². The maximum atomic E-state index is 13.8. The highest BCUT2D eigenvalue weighted by Gasteiger charge is 2.50. The highest BCUT2D eigenvalue weighted by molar-refractivity contribution is 5.98. The third-order valence-corrected chi connectivity index (χ3v) is 8.61. The van der Waals surface area contributed by atoms with Crippen molar-refractivity contribution in [1.29, 1.82) is 0 Å². The molecule has 4 atom stereocenters. The number of ether oxygens (including phenoxy) is 2. The number of benzene rings is 1. The fourth-order valence-corrected chi connectivity index (χ4v) is 5.90. The summed E-state index contributed by atoms with van der Waals surface area (Å²) in [5.74, 6) is -0.962. The Bertz CT molecular complexity index is 1280. The van der Waals surface area contributed by atoms with Crippen LogP contribution in [-0.2, 0) is 35.1 Å². The molecular formula is C31H42N4O7. The summed E-state index contributed by atoms with van der Waals surface area (Å²) in [6.45, 7) is 6.31. The monoisotopic (exact) mass is 582 g/mol. The Morgan fingerprint density at radius 3 is 2.43 bits per heavy atom. The molecule has 0 spiro atoms. The Hall–Kier alpha value is -3.28. The van der Waals surface area contributed by atoms with Gasteiger partial charge in [-0.25, -0.2) is 0 Å². The van der Waals surface area contributed by atoms with Crippen LogP contribution < -0.4 is 16.0 Å². The fourth-order valence-electron chi connectivity index (χ4n) is 5.90. The average molecular weight is 583 g/mol. The zero-order chi connectivity index (χ0) is 29.7. The standard InChI is InChI=1S/C31H42N4O7/c1-20(32-27(36)18-35-10-13-40-14-11-35)29(38)34-25(17-22-7-8-26-23(15-22)9-12-41-26)30(39)33-24(16-21-5-3-4-6-21)28(37)31(2)19-42-31/h7-9,12,15,20-21,24-25H,3-6,10-11,13-14,16-19H2,1-2H3,(H,32,36)(H,33,39)(H,34,38)/t20-,24-,25-,31-/m0/s1. The number of rotatable bonds is 13. The summed E-state index contributed by atoms with van der Waals surface area (Å²) in [5, 5.41) is 9.44. The fraction of sp³-hybridized carbons (Fsp3) is 0.613. The number of carbonyl (C=O) groups excluding carboxylic acids is 4. The summed E-state index contributed by atoms with van der Waals surface area (Å²) in [6, 6.07) is 4.91. The van der Waals surface area contributed by atoms with E-state index >= 15 is 0 Å². The van der Waals surface area contributed by atoms with Gasteiger partial charge in [0.25, 0.3) is 0 Å². The van der Waals surface area contributed by atoms with Gasteiger partial charge in [0.2, 0.25) is 17.7 Å². The molecule has 3 heterocycles. The highest BCUT2D eigenvalue weighted by Crippen LogP contribution is 2.33. The number of amides is 3. The Kier molecular flexibility index (Phi) is 9.60. The Labute approximate surface area is 246 Å². The molecule has 3 amide bonds. The molecule has 0 radical (unpaired) electrons. The molecule has 2 aromatic rings. The molecule has 1 aromatic carbocycles. The van der Waals surface area contributed by atoms with Crippen LogP contribution in [0.15, 0.2) is 34.9 Å². The normalized spacial score (nSPS) is 23.2. The van der Waals surface area contributed by atoms with Crippen LogP contribution in [0.2, 0.25) is 0 Å². The van der Waals surface area contributed by atoms with Gasteiger partial charge in [-0.15, -0.1) is 0 Å². The van der Waals surface area contributed by atoms with Gasteiger partial charge in [-0.3, -0.25) is 24.1 Å². The van der Waals surface area contributed by atoms with Crippen LogP contribution in [0.3, 0.4) is 0 Å². The van der Waals surface area contributed by atoms with Gasteiger partial charge in [0, 0.05) is 24.9 Å². The maximum Gasteiger partial charge on any atom is 0.243 e. The number of furan rings is 1. The van der Waals surface area contributed by atoms with E-state index < -0.39 is 35.5 Å². The van der Waals surface area contributed by atoms with Gasteiger partial charge in [0.15, 0.2) is 5.78 Å². The Balaban J connectivity index is 1.28. The molecule has 3 N–H and O–H groups in total. The van der Waals surface area contributed by atoms with E-state index in [1.807, 2.05) is 29.2 Å². The molecule has 1 aliphatic carbocycles. The topological polar surface area (TPSA) is 143 Å². The van der Waals surface area contributed by atoms with E-state index in [0.717, 1.165) is 42.2 Å². The third kappa shape index (κ3) is 7.76. The molecule has 42 heavy (non-hydrogen) atoms. The predicted octanol–water partition coefficient (Wildman–Crippen LogP) is 1.72. The predicted molar refractivity (Wildman–Crippen MR) is 155 cm³/mol. The molecule has 0 unspecified atom stereocenters. The van der Waals surface area contributed by atoms with E-state index in [2.05, 4.69) is 16.0 Å².